The van der Waals surface area contributed by atoms with Crippen LogP contribution in [0.25, 0.3) is 0 Å². The van der Waals surface area contributed by atoms with Crippen molar-refractivity contribution < 1.29 is 24.2 Å². The summed E-state index contributed by atoms with van der Waals surface area (Å²) >= 11 is 0. The standard InChI is InChI=1S/C15H28O5/c1-12(16)9-7-5-4-6-8-10-14(20-13(2)17)11-15(18)19-3/h12,14,16H,4-11H2,1-3H3. The third-order valence-corrected chi connectivity index (χ3v) is 3.10. The number of hydrogen-bond acceptors (Lipinski definition) is 5. The summed E-state index contributed by atoms with van der Waals surface area (Å²) in [5.41, 5.74) is 0. The van der Waals surface area contributed by atoms with Crippen LogP contribution in [0.3, 0.4) is 0 Å². The Bertz CT molecular complexity index is 275. The molecule has 0 aliphatic carbocycles. The van der Waals surface area contributed by atoms with Gasteiger partial charge in [0.05, 0.1) is 19.6 Å². The Morgan fingerprint density at radius 1 is 1.05 bits per heavy atom. The van der Waals surface area contributed by atoms with Crippen LogP contribution >= 0.6 is 0 Å². The molecule has 0 aromatic heterocycles. The smallest absolute Gasteiger partial charge is 0.309 e. The van der Waals surface area contributed by atoms with E-state index in [1.165, 1.54) is 14.0 Å². The molecule has 20 heavy (non-hydrogen) atoms. The minimum Gasteiger partial charge on any atom is -0.469 e. The van der Waals surface area contributed by atoms with E-state index in [0.717, 1.165) is 38.5 Å². The van der Waals surface area contributed by atoms with E-state index < -0.39 is 0 Å². The highest BCUT2D eigenvalue weighted by atomic mass is 16.6. The third-order valence-electron chi connectivity index (χ3n) is 3.10. The van der Waals surface area contributed by atoms with Crippen molar-refractivity contribution in [2.75, 3.05) is 7.11 Å². The van der Waals surface area contributed by atoms with Gasteiger partial charge in [0, 0.05) is 6.92 Å². The van der Waals surface area contributed by atoms with Gasteiger partial charge in [0.1, 0.15) is 6.10 Å². The fourth-order valence-electron chi connectivity index (χ4n) is 2.05. The monoisotopic (exact) mass is 288 g/mol. The molecule has 2 unspecified atom stereocenters. The van der Waals surface area contributed by atoms with Crippen molar-refractivity contribution in [1.29, 1.82) is 0 Å². The van der Waals surface area contributed by atoms with Gasteiger partial charge in [0.15, 0.2) is 0 Å². The van der Waals surface area contributed by atoms with Crippen LogP contribution in [-0.4, -0.2) is 36.4 Å². The highest BCUT2D eigenvalue weighted by Crippen LogP contribution is 2.14. The van der Waals surface area contributed by atoms with E-state index in [4.69, 9.17) is 9.84 Å². The second kappa shape index (κ2) is 11.7. The first-order valence-corrected chi connectivity index (χ1v) is 7.37. The lowest BCUT2D eigenvalue weighted by Gasteiger charge is -2.15. The van der Waals surface area contributed by atoms with Gasteiger partial charge in [-0.1, -0.05) is 25.7 Å². The van der Waals surface area contributed by atoms with E-state index in [9.17, 15) is 9.59 Å². The zero-order valence-electron chi connectivity index (χ0n) is 12.9. The molecule has 0 aliphatic heterocycles. The predicted octanol–water partition coefficient (Wildman–Crippen LogP) is 2.59. The second-order valence-electron chi connectivity index (χ2n) is 5.21. The first-order valence-electron chi connectivity index (χ1n) is 7.37. The molecule has 0 saturated heterocycles. The molecule has 0 aliphatic rings. The zero-order valence-corrected chi connectivity index (χ0v) is 12.9. The number of methoxy groups -OCH3 is 1. The average Bonchev–Trinajstić information content (AvgIpc) is 2.36. The zero-order chi connectivity index (χ0) is 15.4. The van der Waals surface area contributed by atoms with Crippen molar-refractivity contribution in [2.45, 2.75) is 77.4 Å². The van der Waals surface area contributed by atoms with Crippen LogP contribution < -0.4 is 0 Å². The minimum atomic E-state index is -0.377. The van der Waals surface area contributed by atoms with Crippen LogP contribution in [0, 0.1) is 0 Å². The third kappa shape index (κ3) is 12.0. The molecule has 0 amide bonds. The number of rotatable bonds is 11. The highest BCUT2D eigenvalue weighted by Gasteiger charge is 2.16. The molecule has 0 spiro atoms. The molecular weight excluding hydrogens is 260 g/mol. The summed E-state index contributed by atoms with van der Waals surface area (Å²) in [6.07, 6.45) is 6.25. The number of ether oxygens (including phenoxy) is 2. The summed E-state index contributed by atoms with van der Waals surface area (Å²) in [4.78, 5) is 22.2. The summed E-state index contributed by atoms with van der Waals surface area (Å²) in [6.45, 7) is 3.15. The van der Waals surface area contributed by atoms with E-state index in [1.807, 2.05) is 0 Å². The van der Waals surface area contributed by atoms with Crippen molar-refractivity contribution in [3.05, 3.63) is 0 Å². The maximum Gasteiger partial charge on any atom is 0.309 e. The Hall–Kier alpha value is -1.10. The second-order valence-corrected chi connectivity index (χ2v) is 5.21. The molecule has 0 heterocycles. The fraction of sp³-hybridized carbons (Fsp3) is 0.867. The lowest BCUT2D eigenvalue weighted by Crippen LogP contribution is -2.21. The number of aliphatic hydroxyl groups is 1. The number of carbonyl (C=O) groups is 2. The van der Waals surface area contributed by atoms with Crippen LogP contribution in [0.4, 0.5) is 0 Å². The highest BCUT2D eigenvalue weighted by molar-refractivity contribution is 5.71. The molecule has 0 bridgehead atoms. The van der Waals surface area contributed by atoms with Crippen molar-refractivity contribution >= 4 is 11.9 Å². The van der Waals surface area contributed by atoms with Crippen molar-refractivity contribution in [2.24, 2.45) is 0 Å². The molecule has 1 N–H and O–H groups in total. The van der Waals surface area contributed by atoms with Gasteiger partial charge in [0.25, 0.3) is 0 Å². The molecule has 0 fully saturated rings. The van der Waals surface area contributed by atoms with Crippen molar-refractivity contribution in [1.82, 2.24) is 0 Å². The SMILES string of the molecule is COC(=O)CC(CCCCCCCC(C)O)OC(C)=O. The van der Waals surface area contributed by atoms with Gasteiger partial charge < -0.3 is 14.6 Å². The van der Waals surface area contributed by atoms with Gasteiger partial charge in [0.2, 0.25) is 0 Å². The Morgan fingerprint density at radius 3 is 2.10 bits per heavy atom. The van der Waals surface area contributed by atoms with Crippen molar-refractivity contribution in [3.8, 4) is 0 Å². The lowest BCUT2D eigenvalue weighted by molar-refractivity contribution is -0.152. The van der Waals surface area contributed by atoms with Crippen LogP contribution in [0.15, 0.2) is 0 Å². The first kappa shape index (κ1) is 18.9. The van der Waals surface area contributed by atoms with Crippen LogP contribution in [-0.2, 0) is 19.1 Å². The quantitative estimate of drug-likeness (QED) is 0.467. The van der Waals surface area contributed by atoms with Crippen LogP contribution in [0.1, 0.15) is 65.2 Å². The van der Waals surface area contributed by atoms with Gasteiger partial charge in [-0.3, -0.25) is 9.59 Å². The Kier molecular flexibility index (Phi) is 11.1. The topological polar surface area (TPSA) is 72.8 Å². The molecule has 118 valence electrons. The van der Waals surface area contributed by atoms with Gasteiger partial charge in [-0.05, 0) is 26.2 Å². The summed E-state index contributed by atoms with van der Waals surface area (Å²) in [5.74, 6) is -0.719. The molecule has 0 saturated carbocycles. The molecular formula is C15H28O5. The number of hydrogen-bond donors (Lipinski definition) is 1. The predicted molar refractivity (Wildman–Crippen MR) is 76.2 cm³/mol. The largest absolute Gasteiger partial charge is 0.469 e. The molecule has 0 rings (SSSR count). The Labute approximate surface area is 121 Å². The van der Waals surface area contributed by atoms with Crippen LogP contribution in [0.5, 0.6) is 0 Å². The lowest BCUT2D eigenvalue weighted by atomic mass is 10.0. The summed E-state index contributed by atoms with van der Waals surface area (Å²) in [6, 6.07) is 0. The molecule has 0 aromatic rings. The number of carbonyl (C=O) groups excluding carboxylic acids is 2. The number of esters is 2. The summed E-state index contributed by atoms with van der Waals surface area (Å²) in [7, 11) is 1.33. The van der Waals surface area contributed by atoms with Gasteiger partial charge in [-0.2, -0.15) is 0 Å². The van der Waals surface area contributed by atoms with Gasteiger partial charge in [-0.25, -0.2) is 0 Å². The van der Waals surface area contributed by atoms with Gasteiger partial charge >= 0.3 is 11.9 Å². The summed E-state index contributed by atoms with van der Waals surface area (Å²) in [5, 5.41) is 9.13. The normalized spacial score (nSPS) is 13.6. The maximum atomic E-state index is 11.2. The maximum absolute atomic E-state index is 11.2. The van der Waals surface area contributed by atoms with E-state index in [-0.39, 0.29) is 30.6 Å². The molecule has 5 nitrogen and oxygen atoms in total. The van der Waals surface area contributed by atoms with Gasteiger partial charge in [-0.15, -0.1) is 0 Å². The van der Waals surface area contributed by atoms with E-state index in [1.54, 1.807) is 6.92 Å². The first-order chi connectivity index (χ1) is 9.45. The average molecular weight is 288 g/mol. The fourth-order valence-corrected chi connectivity index (χ4v) is 2.05. The number of aliphatic hydroxyl groups excluding tert-OH is 1. The molecule has 2 atom stereocenters. The van der Waals surface area contributed by atoms with E-state index in [0.29, 0.717) is 6.42 Å². The van der Waals surface area contributed by atoms with E-state index in [2.05, 4.69) is 4.74 Å². The van der Waals surface area contributed by atoms with Crippen molar-refractivity contribution in [3.63, 3.8) is 0 Å². The minimum absolute atomic E-state index is 0.123. The van der Waals surface area contributed by atoms with Crippen LogP contribution in [0.2, 0.25) is 0 Å². The molecule has 0 aromatic carbocycles. The van der Waals surface area contributed by atoms with E-state index >= 15 is 0 Å². The Morgan fingerprint density at radius 2 is 1.60 bits per heavy atom. The Balaban J connectivity index is 3.73. The summed E-state index contributed by atoms with van der Waals surface area (Å²) < 4.78 is 9.70. The number of unbranched alkanes of at least 4 members (excludes halogenated alkanes) is 4. The molecule has 5 heteroatoms. The molecule has 0 radical (unpaired) electrons.